The van der Waals surface area contributed by atoms with Crippen LogP contribution in [0, 0.1) is 5.92 Å². The molecule has 1 aliphatic carbocycles. The van der Waals surface area contributed by atoms with Crippen LogP contribution in [0.1, 0.15) is 45.6 Å². The van der Waals surface area contributed by atoms with Gasteiger partial charge >= 0.3 is 0 Å². The molecule has 0 aliphatic heterocycles. The van der Waals surface area contributed by atoms with E-state index in [1.807, 2.05) is 0 Å². The zero-order chi connectivity index (χ0) is 13.9. The average Bonchev–Trinajstić information content (AvgIpc) is 3.14. The first-order valence-corrected chi connectivity index (χ1v) is 7.49. The molecule has 0 saturated heterocycles. The van der Waals surface area contributed by atoms with Gasteiger partial charge in [-0.05, 0) is 58.1 Å². The van der Waals surface area contributed by atoms with E-state index in [2.05, 4.69) is 68.7 Å². The molecule has 2 rings (SSSR count). The van der Waals surface area contributed by atoms with Gasteiger partial charge in [-0.2, -0.15) is 0 Å². The zero-order valence-corrected chi connectivity index (χ0v) is 12.7. The smallest absolute Gasteiger partial charge is 0.0164 e. The minimum Gasteiger partial charge on any atom is -0.313 e. The van der Waals surface area contributed by atoms with E-state index >= 15 is 0 Å². The van der Waals surface area contributed by atoms with Gasteiger partial charge in [-0.15, -0.1) is 0 Å². The molecule has 2 N–H and O–H groups in total. The first-order chi connectivity index (χ1) is 8.96. The fourth-order valence-electron chi connectivity index (χ4n) is 2.47. The van der Waals surface area contributed by atoms with Crippen molar-refractivity contribution in [2.75, 3.05) is 13.1 Å². The molecule has 0 aromatic heterocycles. The van der Waals surface area contributed by atoms with E-state index in [4.69, 9.17) is 0 Å². The molecule has 1 saturated carbocycles. The lowest BCUT2D eigenvalue weighted by atomic mass is 10.1. The molecule has 0 amide bonds. The number of hydrogen-bond acceptors (Lipinski definition) is 2. The van der Waals surface area contributed by atoms with E-state index in [9.17, 15) is 0 Å². The van der Waals surface area contributed by atoms with Gasteiger partial charge in [-0.1, -0.05) is 30.3 Å². The fraction of sp³-hybridized carbons (Fsp3) is 0.647. The Labute approximate surface area is 118 Å². The Balaban J connectivity index is 1.65. The van der Waals surface area contributed by atoms with Crippen LogP contribution in [-0.2, 0) is 0 Å². The third-order valence-electron chi connectivity index (χ3n) is 3.82. The van der Waals surface area contributed by atoms with E-state index in [1.54, 1.807) is 0 Å². The summed E-state index contributed by atoms with van der Waals surface area (Å²) in [4.78, 5) is 0. The van der Waals surface area contributed by atoms with Crippen molar-refractivity contribution in [3.05, 3.63) is 35.9 Å². The molecule has 3 atom stereocenters. The van der Waals surface area contributed by atoms with Crippen LogP contribution in [0.3, 0.4) is 0 Å². The summed E-state index contributed by atoms with van der Waals surface area (Å²) in [5.74, 6) is 1.62. The van der Waals surface area contributed by atoms with E-state index in [0.29, 0.717) is 6.04 Å². The molecule has 1 aromatic carbocycles. The minimum atomic E-state index is 0.210. The molecule has 1 fully saturated rings. The van der Waals surface area contributed by atoms with Crippen LogP contribution in [0.25, 0.3) is 0 Å². The van der Waals surface area contributed by atoms with Gasteiger partial charge in [0.2, 0.25) is 0 Å². The van der Waals surface area contributed by atoms with Crippen LogP contribution < -0.4 is 10.6 Å². The summed E-state index contributed by atoms with van der Waals surface area (Å²) in [6.45, 7) is 11.1. The summed E-state index contributed by atoms with van der Waals surface area (Å²) in [6, 6.07) is 11.4. The van der Waals surface area contributed by atoms with Gasteiger partial charge in [-0.25, -0.2) is 0 Å². The van der Waals surface area contributed by atoms with Crippen LogP contribution in [0.2, 0.25) is 0 Å². The van der Waals surface area contributed by atoms with E-state index in [-0.39, 0.29) is 5.54 Å². The zero-order valence-electron chi connectivity index (χ0n) is 12.7. The first-order valence-electron chi connectivity index (χ1n) is 7.49. The lowest BCUT2D eigenvalue weighted by Gasteiger charge is -2.24. The van der Waals surface area contributed by atoms with Crippen molar-refractivity contribution in [1.29, 1.82) is 0 Å². The quantitative estimate of drug-likeness (QED) is 0.821. The molecule has 2 nitrogen and oxygen atoms in total. The second-order valence-corrected chi connectivity index (χ2v) is 6.95. The predicted octanol–water partition coefficient (Wildman–Crippen LogP) is 3.16. The number of nitrogens with one attached hydrogen (secondary N) is 2. The monoisotopic (exact) mass is 260 g/mol. The van der Waals surface area contributed by atoms with Crippen LogP contribution in [0.5, 0.6) is 0 Å². The second-order valence-electron chi connectivity index (χ2n) is 6.95. The number of hydrogen-bond donors (Lipinski definition) is 2. The summed E-state index contributed by atoms with van der Waals surface area (Å²) >= 11 is 0. The maximum Gasteiger partial charge on any atom is 0.0164 e. The van der Waals surface area contributed by atoms with Gasteiger partial charge in [0.15, 0.2) is 0 Å². The van der Waals surface area contributed by atoms with E-state index in [0.717, 1.165) is 24.9 Å². The standard InChI is InChI=1S/C17H28N2/c1-13(11-19-17(2,3)4)18-12-15-10-16(15)14-8-6-5-7-9-14/h5-9,13,15-16,18-19H,10-12H2,1-4H3. The number of rotatable bonds is 6. The van der Waals surface area contributed by atoms with E-state index < -0.39 is 0 Å². The second kappa shape index (κ2) is 6.06. The molecule has 0 bridgehead atoms. The molecule has 106 valence electrons. The summed E-state index contributed by atoms with van der Waals surface area (Å²) in [5, 5.41) is 7.20. The lowest BCUT2D eigenvalue weighted by Crippen LogP contribution is -2.45. The highest BCUT2D eigenvalue weighted by Crippen LogP contribution is 2.46. The molecule has 0 heterocycles. The SMILES string of the molecule is CC(CNC(C)(C)C)NCC1CC1c1ccccc1. The molecular weight excluding hydrogens is 232 g/mol. The van der Waals surface area contributed by atoms with Crippen molar-refractivity contribution in [3.63, 3.8) is 0 Å². The van der Waals surface area contributed by atoms with Gasteiger partial charge in [0.25, 0.3) is 0 Å². The van der Waals surface area contributed by atoms with Crippen molar-refractivity contribution >= 4 is 0 Å². The highest BCUT2D eigenvalue weighted by molar-refractivity contribution is 5.25. The van der Waals surface area contributed by atoms with Gasteiger partial charge in [0.1, 0.15) is 0 Å². The molecule has 0 radical (unpaired) electrons. The molecule has 1 aliphatic rings. The van der Waals surface area contributed by atoms with Crippen LogP contribution in [0.15, 0.2) is 30.3 Å². The highest BCUT2D eigenvalue weighted by Gasteiger charge is 2.37. The molecule has 0 spiro atoms. The van der Waals surface area contributed by atoms with Crippen molar-refractivity contribution in [1.82, 2.24) is 10.6 Å². The highest BCUT2D eigenvalue weighted by atomic mass is 15.0. The van der Waals surface area contributed by atoms with Crippen molar-refractivity contribution in [2.45, 2.75) is 51.6 Å². The first kappa shape index (κ1) is 14.5. The molecule has 3 unspecified atom stereocenters. The maximum absolute atomic E-state index is 3.65. The third-order valence-corrected chi connectivity index (χ3v) is 3.82. The normalized spacial score (nSPS) is 24.2. The van der Waals surface area contributed by atoms with Crippen molar-refractivity contribution in [3.8, 4) is 0 Å². The summed E-state index contributed by atoms with van der Waals surface area (Å²) in [5.41, 5.74) is 1.72. The molecule has 1 aromatic rings. The van der Waals surface area contributed by atoms with Crippen molar-refractivity contribution in [2.24, 2.45) is 5.92 Å². The lowest BCUT2D eigenvalue weighted by molar-refractivity contribution is 0.385. The third kappa shape index (κ3) is 4.96. The molecule has 2 heteroatoms. The van der Waals surface area contributed by atoms with Gasteiger partial charge < -0.3 is 10.6 Å². The maximum atomic E-state index is 3.65. The largest absolute Gasteiger partial charge is 0.313 e. The Bertz CT molecular complexity index is 380. The fourth-order valence-corrected chi connectivity index (χ4v) is 2.47. The molecular formula is C17H28N2. The number of benzene rings is 1. The van der Waals surface area contributed by atoms with Crippen LogP contribution >= 0.6 is 0 Å². The Kier molecular flexibility index (Phi) is 4.64. The minimum absolute atomic E-state index is 0.210. The summed E-state index contributed by atoms with van der Waals surface area (Å²) in [6.07, 6.45) is 1.34. The summed E-state index contributed by atoms with van der Waals surface area (Å²) < 4.78 is 0. The average molecular weight is 260 g/mol. The Morgan fingerprint density at radius 2 is 1.89 bits per heavy atom. The van der Waals surface area contributed by atoms with Crippen LogP contribution in [0.4, 0.5) is 0 Å². The van der Waals surface area contributed by atoms with E-state index in [1.165, 1.54) is 12.0 Å². The molecule has 19 heavy (non-hydrogen) atoms. The van der Waals surface area contributed by atoms with Crippen molar-refractivity contribution < 1.29 is 0 Å². The Morgan fingerprint density at radius 1 is 1.21 bits per heavy atom. The van der Waals surface area contributed by atoms with Gasteiger partial charge in [0.05, 0.1) is 0 Å². The topological polar surface area (TPSA) is 24.1 Å². The van der Waals surface area contributed by atoms with Crippen LogP contribution in [-0.4, -0.2) is 24.7 Å². The van der Waals surface area contributed by atoms with Gasteiger partial charge in [-0.3, -0.25) is 0 Å². The Hall–Kier alpha value is -0.860. The van der Waals surface area contributed by atoms with Gasteiger partial charge in [0, 0.05) is 18.1 Å². The Morgan fingerprint density at radius 3 is 2.53 bits per heavy atom. The predicted molar refractivity (Wildman–Crippen MR) is 82.5 cm³/mol. The summed E-state index contributed by atoms with van der Waals surface area (Å²) in [7, 11) is 0.